The van der Waals surface area contributed by atoms with Gasteiger partial charge in [0.05, 0.1) is 0 Å². The zero-order valence-corrected chi connectivity index (χ0v) is 11.3. The molecule has 0 fully saturated rings. The zero-order chi connectivity index (χ0) is 15.2. The summed E-state index contributed by atoms with van der Waals surface area (Å²) in [5.74, 6) is 5.10. The van der Waals surface area contributed by atoms with Crippen LogP contribution in [-0.4, -0.2) is 22.2 Å². The lowest BCUT2D eigenvalue weighted by Gasteiger charge is -2.05. The monoisotopic (exact) mass is 281 g/mol. The van der Waals surface area contributed by atoms with E-state index in [9.17, 15) is 9.90 Å². The second-order valence-electron chi connectivity index (χ2n) is 4.65. The van der Waals surface area contributed by atoms with Crippen molar-refractivity contribution in [2.75, 3.05) is 0 Å². The minimum Gasteiger partial charge on any atom is -0.508 e. The van der Waals surface area contributed by atoms with Crippen LogP contribution in [0, 0.1) is 11.8 Å². The van der Waals surface area contributed by atoms with Gasteiger partial charge in [-0.25, -0.2) is 0 Å². The van der Waals surface area contributed by atoms with Crippen LogP contribution in [-0.2, 0) is 11.2 Å². The summed E-state index contributed by atoms with van der Waals surface area (Å²) in [4.78, 5) is 10.7. The minimum atomic E-state index is -1.01. The Labute approximate surface area is 122 Å². The molecule has 0 spiro atoms. The molecule has 1 atom stereocenters. The van der Waals surface area contributed by atoms with Gasteiger partial charge < -0.3 is 15.9 Å². The number of phenolic OH excluding ortho intramolecular Hbond substituents is 1. The molecule has 0 aromatic heterocycles. The average molecular weight is 281 g/mol. The fraction of sp³-hybridized carbons (Fsp3) is 0.118. The number of carboxylic acid groups (broad SMARTS) is 1. The van der Waals surface area contributed by atoms with Crippen molar-refractivity contribution in [1.29, 1.82) is 0 Å². The summed E-state index contributed by atoms with van der Waals surface area (Å²) in [7, 11) is 0. The second kappa shape index (κ2) is 6.60. The molecular weight excluding hydrogens is 266 g/mol. The number of rotatable bonds is 3. The summed E-state index contributed by atoms with van der Waals surface area (Å²) in [6.07, 6.45) is 0.287. The molecule has 21 heavy (non-hydrogen) atoms. The SMILES string of the molecule is NC(Cc1ccc(C#Cc2cccc(O)c2)cc1)C(=O)O. The molecule has 4 nitrogen and oxygen atoms in total. The molecule has 0 amide bonds. The average Bonchev–Trinajstić information content (AvgIpc) is 2.46. The highest BCUT2D eigenvalue weighted by Crippen LogP contribution is 2.10. The highest BCUT2D eigenvalue weighted by Gasteiger charge is 2.11. The number of aromatic hydroxyl groups is 1. The molecule has 2 rings (SSSR count). The predicted molar refractivity (Wildman–Crippen MR) is 79.8 cm³/mol. The van der Waals surface area contributed by atoms with E-state index in [0.717, 1.165) is 16.7 Å². The molecule has 4 heteroatoms. The van der Waals surface area contributed by atoms with E-state index >= 15 is 0 Å². The number of carboxylic acids is 1. The van der Waals surface area contributed by atoms with Crippen LogP contribution < -0.4 is 5.73 Å². The molecule has 2 aromatic rings. The van der Waals surface area contributed by atoms with Gasteiger partial charge in [-0.3, -0.25) is 4.79 Å². The highest BCUT2D eigenvalue weighted by atomic mass is 16.4. The topological polar surface area (TPSA) is 83.5 Å². The Kier molecular flexibility index (Phi) is 4.60. The number of carbonyl (C=O) groups is 1. The van der Waals surface area contributed by atoms with Crippen molar-refractivity contribution >= 4 is 5.97 Å². The molecule has 4 N–H and O–H groups in total. The molecule has 2 aromatic carbocycles. The van der Waals surface area contributed by atoms with Gasteiger partial charge in [0.25, 0.3) is 0 Å². The van der Waals surface area contributed by atoms with Gasteiger partial charge in [-0.1, -0.05) is 30.0 Å². The van der Waals surface area contributed by atoms with Crippen LogP contribution in [0.2, 0.25) is 0 Å². The number of hydrogen-bond acceptors (Lipinski definition) is 3. The Morgan fingerprint density at radius 1 is 1.10 bits per heavy atom. The third-order valence-electron chi connectivity index (χ3n) is 2.92. The summed E-state index contributed by atoms with van der Waals surface area (Å²) in [6, 6.07) is 13.1. The standard InChI is InChI=1S/C17H15NO3/c18-16(17(20)21)11-14-8-5-12(6-9-14)4-7-13-2-1-3-15(19)10-13/h1-3,5-6,8-10,16,19H,11,18H2,(H,20,21). The van der Waals surface area contributed by atoms with Crippen LogP contribution in [0.5, 0.6) is 5.75 Å². The lowest BCUT2D eigenvalue weighted by molar-refractivity contribution is -0.138. The summed E-state index contributed by atoms with van der Waals surface area (Å²) in [5, 5.41) is 18.1. The van der Waals surface area contributed by atoms with E-state index in [1.165, 1.54) is 0 Å². The van der Waals surface area contributed by atoms with Gasteiger partial charge in [-0.05, 0) is 42.3 Å². The molecule has 106 valence electrons. The number of nitrogens with two attached hydrogens (primary N) is 1. The molecule has 0 heterocycles. The minimum absolute atomic E-state index is 0.180. The quantitative estimate of drug-likeness (QED) is 0.748. The van der Waals surface area contributed by atoms with Crippen molar-refractivity contribution in [2.45, 2.75) is 12.5 Å². The lowest BCUT2D eigenvalue weighted by atomic mass is 10.0. The second-order valence-corrected chi connectivity index (χ2v) is 4.65. The normalized spacial score (nSPS) is 11.3. The Morgan fingerprint density at radius 3 is 2.38 bits per heavy atom. The lowest BCUT2D eigenvalue weighted by Crippen LogP contribution is -2.32. The molecule has 0 aliphatic rings. The van der Waals surface area contributed by atoms with Crippen molar-refractivity contribution in [2.24, 2.45) is 5.73 Å². The highest BCUT2D eigenvalue weighted by molar-refractivity contribution is 5.73. The third-order valence-corrected chi connectivity index (χ3v) is 2.92. The Bertz CT molecular complexity index is 696. The van der Waals surface area contributed by atoms with Gasteiger partial charge in [-0.15, -0.1) is 0 Å². The largest absolute Gasteiger partial charge is 0.508 e. The molecule has 0 bridgehead atoms. The number of aliphatic carboxylic acids is 1. The van der Waals surface area contributed by atoms with Crippen molar-refractivity contribution in [1.82, 2.24) is 0 Å². The van der Waals surface area contributed by atoms with Gasteiger partial charge >= 0.3 is 5.97 Å². The maximum Gasteiger partial charge on any atom is 0.320 e. The van der Waals surface area contributed by atoms with Crippen molar-refractivity contribution < 1.29 is 15.0 Å². The van der Waals surface area contributed by atoms with Gasteiger partial charge in [0.2, 0.25) is 0 Å². The van der Waals surface area contributed by atoms with E-state index in [0.29, 0.717) is 0 Å². The van der Waals surface area contributed by atoms with Crippen molar-refractivity contribution in [3.8, 4) is 17.6 Å². The third kappa shape index (κ3) is 4.37. The molecule has 0 saturated heterocycles. The molecule has 0 aliphatic carbocycles. The summed E-state index contributed by atoms with van der Waals surface area (Å²) in [5.41, 5.74) is 7.88. The van der Waals surface area contributed by atoms with E-state index < -0.39 is 12.0 Å². The van der Waals surface area contributed by atoms with E-state index in [1.807, 2.05) is 30.3 Å². The molecule has 1 unspecified atom stereocenters. The number of benzene rings is 2. The van der Waals surface area contributed by atoms with Crippen molar-refractivity contribution in [3.63, 3.8) is 0 Å². The molecule has 0 radical (unpaired) electrons. The first-order chi connectivity index (χ1) is 10.0. The smallest absolute Gasteiger partial charge is 0.320 e. The Hall–Kier alpha value is -2.77. The van der Waals surface area contributed by atoms with Crippen LogP contribution in [0.3, 0.4) is 0 Å². The molecule has 0 saturated carbocycles. The fourth-order valence-electron chi connectivity index (χ4n) is 1.79. The number of hydrogen-bond donors (Lipinski definition) is 3. The summed E-state index contributed by atoms with van der Waals surface area (Å²) in [6.45, 7) is 0. The van der Waals surface area contributed by atoms with Gasteiger partial charge in [-0.2, -0.15) is 0 Å². The Balaban J connectivity index is 2.08. The van der Waals surface area contributed by atoms with E-state index in [-0.39, 0.29) is 12.2 Å². The van der Waals surface area contributed by atoms with Crippen molar-refractivity contribution in [3.05, 3.63) is 65.2 Å². The van der Waals surface area contributed by atoms with E-state index in [1.54, 1.807) is 18.2 Å². The number of phenols is 1. The maximum absolute atomic E-state index is 10.7. The summed E-state index contributed by atoms with van der Waals surface area (Å²) < 4.78 is 0. The maximum atomic E-state index is 10.7. The molecule has 0 aliphatic heterocycles. The van der Waals surface area contributed by atoms with Crippen LogP contribution >= 0.6 is 0 Å². The molecular formula is C17H15NO3. The fourth-order valence-corrected chi connectivity index (χ4v) is 1.79. The first kappa shape index (κ1) is 14.6. The predicted octanol–water partition coefficient (Wildman–Crippen LogP) is 1.75. The van der Waals surface area contributed by atoms with Crippen LogP contribution in [0.1, 0.15) is 16.7 Å². The van der Waals surface area contributed by atoms with Gasteiger partial charge in [0, 0.05) is 11.1 Å². The Morgan fingerprint density at radius 2 is 1.76 bits per heavy atom. The van der Waals surface area contributed by atoms with E-state index in [4.69, 9.17) is 10.8 Å². The van der Waals surface area contributed by atoms with Crippen LogP contribution in [0.25, 0.3) is 0 Å². The van der Waals surface area contributed by atoms with Crippen LogP contribution in [0.15, 0.2) is 48.5 Å². The van der Waals surface area contributed by atoms with Gasteiger partial charge in [0.15, 0.2) is 0 Å². The first-order valence-corrected chi connectivity index (χ1v) is 6.43. The zero-order valence-electron chi connectivity index (χ0n) is 11.3. The van der Waals surface area contributed by atoms with Gasteiger partial charge in [0.1, 0.15) is 11.8 Å². The first-order valence-electron chi connectivity index (χ1n) is 6.43. The van der Waals surface area contributed by atoms with Crippen LogP contribution in [0.4, 0.5) is 0 Å². The van der Waals surface area contributed by atoms with E-state index in [2.05, 4.69) is 11.8 Å². The summed E-state index contributed by atoms with van der Waals surface area (Å²) >= 11 is 0.